The lowest BCUT2D eigenvalue weighted by Crippen LogP contribution is -2.09. The fourth-order valence-electron chi connectivity index (χ4n) is 2.26. The number of benzene rings is 1. The summed E-state index contributed by atoms with van der Waals surface area (Å²) in [5.74, 6) is 0.915. The average molecular weight is 270 g/mol. The molecule has 0 radical (unpaired) electrons. The van der Waals surface area contributed by atoms with Gasteiger partial charge in [0.15, 0.2) is 0 Å². The Morgan fingerprint density at radius 2 is 2.13 bits per heavy atom. The van der Waals surface area contributed by atoms with Gasteiger partial charge in [0.05, 0.1) is 11.6 Å². The van der Waals surface area contributed by atoms with Crippen molar-refractivity contribution in [2.24, 2.45) is 5.73 Å². The second-order valence-electron chi connectivity index (χ2n) is 3.93. The smallest absolute Gasteiger partial charge is 0.137 e. The number of hydrogen-bond acceptors (Lipinski definition) is 2. The predicted molar refractivity (Wildman–Crippen MR) is 65.2 cm³/mol. The third kappa shape index (κ3) is 1.91. The summed E-state index contributed by atoms with van der Waals surface area (Å²) in [6.45, 7) is 0.537. The zero-order valence-corrected chi connectivity index (χ0v) is 10.6. The topological polar surface area (TPSA) is 35.2 Å². The molecular formula is C12H16BrNO. The Morgan fingerprint density at radius 3 is 2.80 bits per heavy atom. The Labute approximate surface area is 98.9 Å². The van der Waals surface area contributed by atoms with E-state index in [9.17, 15) is 0 Å². The van der Waals surface area contributed by atoms with E-state index in [4.69, 9.17) is 10.5 Å². The molecule has 0 aromatic heterocycles. The van der Waals surface area contributed by atoms with Crippen LogP contribution in [0.4, 0.5) is 0 Å². The molecule has 0 bridgehead atoms. The molecule has 0 unspecified atom stereocenters. The zero-order chi connectivity index (χ0) is 10.8. The number of rotatable bonds is 2. The highest BCUT2D eigenvalue weighted by Gasteiger charge is 2.18. The van der Waals surface area contributed by atoms with Crippen molar-refractivity contribution in [2.75, 3.05) is 7.11 Å². The van der Waals surface area contributed by atoms with E-state index in [-0.39, 0.29) is 0 Å². The molecule has 82 valence electrons. The molecule has 2 nitrogen and oxygen atoms in total. The van der Waals surface area contributed by atoms with Crippen LogP contribution in [0.25, 0.3) is 0 Å². The van der Waals surface area contributed by atoms with Crippen molar-refractivity contribution in [3.05, 3.63) is 27.2 Å². The van der Waals surface area contributed by atoms with Gasteiger partial charge in [0.25, 0.3) is 0 Å². The second-order valence-corrected chi connectivity index (χ2v) is 4.72. The van der Waals surface area contributed by atoms with Gasteiger partial charge in [0.2, 0.25) is 0 Å². The van der Waals surface area contributed by atoms with Crippen molar-refractivity contribution in [3.63, 3.8) is 0 Å². The van der Waals surface area contributed by atoms with Gasteiger partial charge < -0.3 is 10.5 Å². The first-order valence-corrected chi connectivity index (χ1v) is 6.14. The van der Waals surface area contributed by atoms with Crippen LogP contribution in [-0.2, 0) is 19.4 Å². The molecule has 0 saturated carbocycles. The van der Waals surface area contributed by atoms with Crippen LogP contribution in [0.5, 0.6) is 5.75 Å². The highest BCUT2D eigenvalue weighted by atomic mass is 79.9. The van der Waals surface area contributed by atoms with E-state index in [1.54, 1.807) is 7.11 Å². The Kier molecular flexibility index (Phi) is 3.32. The first-order chi connectivity index (χ1) is 7.27. The summed E-state index contributed by atoms with van der Waals surface area (Å²) in [5, 5.41) is 0. The van der Waals surface area contributed by atoms with E-state index >= 15 is 0 Å². The SMILES string of the molecule is COc1c(CN)cc2c(c1Br)CCCC2. The highest BCUT2D eigenvalue weighted by molar-refractivity contribution is 9.10. The van der Waals surface area contributed by atoms with E-state index in [1.165, 1.54) is 30.4 Å². The largest absolute Gasteiger partial charge is 0.495 e. The Balaban J connectivity index is 2.57. The molecule has 1 aliphatic carbocycles. The van der Waals surface area contributed by atoms with Crippen LogP contribution in [0.1, 0.15) is 29.5 Å². The lowest BCUT2D eigenvalue weighted by atomic mass is 9.90. The monoisotopic (exact) mass is 269 g/mol. The Bertz CT molecular complexity index is 362. The minimum absolute atomic E-state index is 0.537. The first-order valence-electron chi connectivity index (χ1n) is 5.35. The summed E-state index contributed by atoms with van der Waals surface area (Å²) in [5.41, 5.74) is 9.68. The zero-order valence-electron chi connectivity index (χ0n) is 8.98. The summed E-state index contributed by atoms with van der Waals surface area (Å²) < 4.78 is 6.52. The van der Waals surface area contributed by atoms with Gasteiger partial charge in [-0.3, -0.25) is 0 Å². The van der Waals surface area contributed by atoms with Crippen LogP contribution >= 0.6 is 15.9 Å². The number of halogens is 1. The van der Waals surface area contributed by atoms with Crippen molar-refractivity contribution in [2.45, 2.75) is 32.2 Å². The predicted octanol–water partition coefficient (Wildman–Crippen LogP) is 2.80. The van der Waals surface area contributed by atoms with Gasteiger partial charge in [-0.05, 0) is 52.7 Å². The molecule has 2 N–H and O–H groups in total. The Hall–Kier alpha value is -0.540. The van der Waals surface area contributed by atoms with Crippen LogP contribution in [-0.4, -0.2) is 7.11 Å². The molecule has 0 fully saturated rings. The van der Waals surface area contributed by atoms with Crippen molar-refractivity contribution in [3.8, 4) is 5.75 Å². The lowest BCUT2D eigenvalue weighted by Gasteiger charge is -2.21. The molecule has 0 atom stereocenters. The molecule has 0 aliphatic heterocycles. The van der Waals surface area contributed by atoms with Gasteiger partial charge in [-0.1, -0.05) is 6.07 Å². The average Bonchev–Trinajstić information content (AvgIpc) is 2.29. The normalized spacial score (nSPS) is 14.9. The molecule has 3 heteroatoms. The summed E-state index contributed by atoms with van der Waals surface area (Å²) in [6, 6.07) is 2.21. The van der Waals surface area contributed by atoms with Crippen LogP contribution in [0, 0.1) is 0 Å². The van der Waals surface area contributed by atoms with E-state index in [0.29, 0.717) is 6.54 Å². The van der Waals surface area contributed by atoms with E-state index in [0.717, 1.165) is 22.2 Å². The molecule has 0 spiro atoms. The lowest BCUT2D eigenvalue weighted by molar-refractivity contribution is 0.405. The van der Waals surface area contributed by atoms with Gasteiger partial charge in [-0.2, -0.15) is 0 Å². The maximum atomic E-state index is 5.73. The standard InChI is InChI=1S/C12H16BrNO/c1-15-12-9(7-14)6-8-4-2-3-5-10(8)11(12)13/h6H,2-5,7,14H2,1H3. The number of nitrogens with two attached hydrogens (primary N) is 1. The molecule has 2 rings (SSSR count). The Morgan fingerprint density at radius 1 is 1.40 bits per heavy atom. The van der Waals surface area contributed by atoms with Crippen LogP contribution in [0.3, 0.4) is 0 Å². The summed E-state index contributed by atoms with van der Waals surface area (Å²) >= 11 is 3.64. The van der Waals surface area contributed by atoms with Crippen molar-refractivity contribution in [1.82, 2.24) is 0 Å². The molecular weight excluding hydrogens is 254 g/mol. The highest BCUT2D eigenvalue weighted by Crippen LogP contribution is 2.38. The van der Waals surface area contributed by atoms with E-state index in [2.05, 4.69) is 22.0 Å². The van der Waals surface area contributed by atoms with E-state index in [1.807, 2.05) is 0 Å². The maximum absolute atomic E-state index is 5.73. The van der Waals surface area contributed by atoms with Crippen LogP contribution < -0.4 is 10.5 Å². The minimum atomic E-state index is 0.537. The van der Waals surface area contributed by atoms with E-state index < -0.39 is 0 Å². The minimum Gasteiger partial charge on any atom is -0.495 e. The third-order valence-corrected chi connectivity index (χ3v) is 3.88. The van der Waals surface area contributed by atoms with Gasteiger partial charge >= 0.3 is 0 Å². The number of aryl methyl sites for hydroxylation is 1. The van der Waals surface area contributed by atoms with Gasteiger partial charge in [0, 0.05) is 12.1 Å². The van der Waals surface area contributed by atoms with Gasteiger partial charge in [-0.25, -0.2) is 0 Å². The maximum Gasteiger partial charge on any atom is 0.137 e. The summed E-state index contributed by atoms with van der Waals surface area (Å²) in [7, 11) is 1.70. The fraction of sp³-hybridized carbons (Fsp3) is 0.500. The third-order valence-electron chi connectivity index (χ3n) is 3.04. The molecule has 1 aromatic carbocycles. The molecule has 0 saturated heterocycles. The molecule has 0 heterocycles. The number of ether oxygens (including phenoxy) is 1. The quantitative estimate of drug-likeness (QED) is 0.896. The first kappa shape index (κ1) is 11.0. The molecule has 1 aliphatic rings. The van der Waals surface area contributed by atoms with Gasteiger partial charge in [0.1, 0.15) is 5.75 Å². The number of methoxy groups -OCH3 is 1. The van der Waals surface area contributed by atoms with Crippen molar-refractivity contribution in [1.29, 1.82) is 0 Å². The molecule has 0 amide bonds. The second kappa shape index (κ2) is 4.54. The fourth-order valence-corrected chi connectivity index (χ4v) is 3.13. The summed E-state index contributed by atoms with van der Waals surface area (Å²) in [4.78, 5) is 0. The van der Waals surface area contributed by atoms with Crippen LogP contribution in [0.15, 0.2) is 10.5 Å². The van der Waals surface area contributed by atoms with Crippen LogP contribution in [0.2, 0.25) is 0 Å². The van der Waals surface area contributed by atoms with Gasteiger partial charge in [-0.15, -0.1) is 0 Å². The number of hydrogen-bond donors (Lipinski definition) is 1. The summed E-state index contributed by atoms with van der Waals surface area (Å²) in [6.07, 6.45) is 4.88. The van der Waals surface area contributed by atoms with Crippen molar-refractivity contribution < 1.29 is 4.74 Å². The molecule has 1 aromatic rings. The number of fused-ring (bicyclic) bond motifs is 1. The molecule has 15 heavy (non-hydrogen) atoms. The van der Waals surface area contributed by atoms with Crippen molar-refractivity contribution >= 4 is 15.9 Å².